The highest BCUT2D eigenvalue weighted by atomic mass is 19.1. The van der Waals surface area contributed by atoms with Crippen molar-refractivity contribution in [3.8, 4) is 27.9 Å². The number of hydrogen-bond donors (Lipinski definition) is 0. The van der Waals surface area contributed by atoms with Crippen molar-refractivity contribution in [1.82, 2.24) is 4.57 Å². The van der Waals surface area contributed by atoms with Gasteiger partial charge in [-0.3, -0.25) is 0 Å². The van der Waals surface area contributed by atoms with Crippen molar-refractivity contribution in [3.05, 3.63) is 169 Å². The second-order valence-corrected chi connectivity index (χ2v) is 11.9. The molecule has 0 aliphatic rings. The van der Waals surface area contributed by atoms with E-state index in [1.807, 2.05) is 22.8 Å². The van der Waals surface area contributed by atoms with E-state index < -0.39 is 11.6 Å². The summed E-state index contributed by atoms with van der Waals surface area (Å²) in [6.07, 6.45) is 0. The third-order valence-electron chi connectivity index (χ3n) is 9.26. The lowest BCUT2D eigenvalue weighted by atomic mass is 9.84. The summed E-state index contributed by atoms with van der Waals surface area (Å²) in [5.41, 5.74) is 6.99. The normalized spacial score (nSPS) is 11.6. The Hall–Kier alpha value is -6.31. The zero-order chi connectivity index (χ0) is 31.6. The molecule has 0 bridgehead atoms. The smallest absolute Gasteiger partial charge is 0.188 e. The van der Waals surface area contributed by atoms with E-state index in [-0.39, 0.29) is 0 Å². The van der Waals surface area contributed by atoms with Gasteiger partial charge in [0.1, 0.15) is 11.6 Å². The van der Waals surface area contributed by atoms with Gasteiger partial charge in [-0.1, -0.05) is 103 Å². The average molecular weight is 607 g/mol. The predicted octanol–water partition coefficient (Wildman–Crippen LogP) is 12.4. The molecule has 4 heteroatoms. The Morgan fingerprint density at radius 3 is 1.68 bits per heavy atom. The first-order valence-electron chi connectivity index (χ1n) is 15.4. The van der Waals surface area contributed by atoms with Crippen LogP contribution in [-0.4, -0.2) is 4.57 Å². The zero-order valence-electron chi connectivity index (χ0n) is 25.0. The Balaban J connectivity index is 1.39. The van der Waals surface area contributed by atoms with Crippen molar-refractivity contribution >= 4 is 59.8 Å². The molecule has 0 fully saturated rings. The van der Waals surface area contributed by atoms with Crippen LogP contribution >= 0.6 is 0 Å². The van der Waals surface area contributed by atoms with Crippen LogP contribution in [0.3, 0.4) is 0 Å². The van der Waals surface area contributed by atoms with E-state index in [1.165, 1.54) is 34.0 Å². The van der Waals surface area contributed by atoms with E-state index >= 15 is 0 Å². The number of fused-ring (bicyclic) bond motifs is 6. The minimum atomic E-state index is -0.645. The molecule has 1 aromatic heterocycles. The van der Waals surface area contributed by atoms with E-state index in [0.29, 0.717) is 11.4 Å². The van der Waals surface area contributed by atoms with Crippen molar-refractivity contribution in [2.75, 3.05) is 0 Å². The second kappa shape index (κ2) is 10.4. The minimum Gasteiger partial charge on any atom is -0.309 e. The van der Waals surface area contributed by atoms with Gasteiger partial charge in [0.2, 0.25) is 0 Å². The van der Waals surface area contributed by atoms with Crippen molar-refractivity contribution < 1.29 is 8.78 Å². The first-order valence-corrected chi connectivity index (χ1v) is 15.4. The van der Waals surface area contributed by atoms with Crippen LogP contribution < -0.4 is 0 Å². The Morgan fingerprint density at radius 1 is 0.468 bits per heavy atom. The van der Waals surface area contributed by atoms with Gasteiger partial charge in [0.25, 0.3) is 0 Å². The molecule has 8 aromatic carbocycles. The van der Waals surface area contributed by atoms with Crippen molar-refractivity contribution in [2.45, 2.75) is 0 Å². The Labute approximate surface area is 269 Å². The molecule has 0 saturated carbocycles. The molecule has 0 saturated heterocycles. The van der Waals surface area contributed by atoms with Gasteiger partial charge in [0.15, 0.2) is 5.69 Å². The van der Waals surface area contributed by atoms with Gasteiger partial charge >= 0.3 is 0 Å². The van der Waals surface area contributed by atoms with Gasteiger partial charge in [-0.05, 0) is 96.4 Å². The lowest BCUT2D eigenvalue weighted by Crippen LogP contribution is -1.96. The van der Waals surface area contributed by atoms with Crippen LogP contribution in [0.25, 0.3) is 86.9 Å². The number of rotatable bonds is 3. The summed E-state index contributed by atoms with van der Waals surface area (Å²) >= 11 is 0. The summed E-state index contributed by atoms with van der Waals surface area (Å²) in [4.78, 5) is 3.68. The highest BCUT2D eigenvalue weighted by molar-refractivity contribution is 6.24. The standard InChI is InChI=1S/C43H24F2N2/c1-46-30-18-20-41-39(25-30)38-21-27(17-19-40(38)47(41)31-23-28(44)22-29(45)24-31)42-34-12-4-6-14-36(34)43(37-15-7-5-13-35(37)42)33-16-8-10-26-9-2-3-11-32(26)33/h2-25H. The molecule has 0 atom stereocenters. The van der Waals surface area contributed by atoms with E-state index in [4.69, 9.17) is 6.57 Å². The van der Waals surface area contributed by atoms with Crippen LogP contribution in [-0.2, 0) is 0 Å². The molecule has 2 nitrogen and oxygen atoms in total. The van der Waals surface area contributed by atoms with Crippen molar-refractivity contribution in [3.63, 3.8) is 0 Å². The Bertz CT molecular complexity index is 2700. The van der Waals surface area contributed by atoms with Crippen LogP contribution in [0.5, 0.6) is 0 Å². The number of halogens is 2. The molecule has 220 valence electrons. The summed E-state index contributed by atoms with van der Waals surface area (Å²) in [5, 5.41) is 8.73. The Kier molecular flexibility index (Phi) is 5.97. The molecule has 0 aliphatic heterocycles. The predicted molar refractivity (Wildman–Crippen MR) is 190 cm³/mol. The van der Waals surface area contributed by atoms with E-state index in [1.54, 1.807) is 6.07 Å². The molecule has 47 heavy (non-hydrogen) atoms. The number of nitrogens with zero attached hydrogens (tertiary/aromatic N) is 2. The van der Waals surface area contributed by atoms with Crippen LogP contribution in [0.1, 0.15) is 0 Å². The van der Waals surface area contributed by atoms with Gasteiger partial charge in [0.05, 0.1) is 23.3 Å². The maximum absolute atomic E-state index is 14.5. The summed E-state index contributed by atoms with van der Waals surface area (Å²) in [6, 6.07) is 47.4. The summed E-state index contributed by atoms with van der Waals surface area (Å²) in [7, 11) is 0. The number of hydrogen-bond acceptors (Lipinski definition) is 0. The molecule has 0 unspecified atom stereocenters. The van der Waals surface area contributed by atoms with Crippen molar-refractivity contribution in [2.24, 2.45) is 0 Å². The largest absolute Gasteiger partial charge is 0.309 e. The Morgan fingerprint density at radius 2 is 1.02 bits per heavy atom. The SMILES string of the molecule is [C-]#[N+]c1ccc2c(c1)c1cc(-c3c4ccccc4c(-c4cccc5ccccc45)c4ccccc34)ccc1n2-c1cc(F)cc(F)c1. The van der Waals surface area contributed by atoms with Gasteiger partial charge in [0, 0.05) is 11.5 Å². The van der Waals surface area contributed by atoms with Crippen LogP contribution in [0.15, 0.2) is 146 Å². The van der Waals surface area contributed by atoms with Crippen LogP contribution in [0.2, 0.25) is 0 Å². The molecule has 1 heterocycles. The first kappa shape index (κ1) is 27.0. The maximum Gasteiger partial charge on any atom is 0.188 e. The highest BCUT2D eigenvalue weighted by Gasteiger charge is 2.20. The molecule has 0 amide bonds. The van der Waals surface area contributed by atoms with Gasteiger partial charge in [-0.25, -0.2) is 13.6 Å². The lowest BCUT2D eigenvalue weighted by Gasteiger charge is -2.19. The molecule has 0 radical (unpaired) electrons. The number of aromatic nitrogens is 1. The van der Waals surface area contributed by atoms with E-state index in [9.17, 15) is 8.78 Å². The maximum atomic E-state index is 14.5. The van der Waals surface area contributed by atoms with Gasteiger partial charge in [-0.2, -0.15) is 0 Å². The van der Waals surface area contributed by atoms with Gasteiger partial charge < -0.3 is 4.57 Å². The minimum absolute atomic E-state index is 0.390. The molecule has 0 aliphatic carbocycles. The molecular formula is C43H24F2N2. The average Bonchev–Trinajstić information content (AvgIpc) is 3.43. The molecule has 9 aromatic rings. The fourth-order valence-corrected chi connectivity index (χ4v) is 7.36. The first-order chi connectivity index (χ1) is 23.1. The quantitative estimate of drug-likeness (QED) is 0.140. The molecule has 9 rings (SSSR count). The third kappa shape index (κ3) is 4.14. The fraction of sp³-hybridized carbons (Fsp3) is 0. The van der Waals surface area contributed by atoms with Crippen LogP contribution in [0.4, 0.5) is 14.5 Å². The van der Waals surface area contributed by atoms with Gasteiger partial charge in [-0.15, -0.1) is 0 Å². The monoisotopic (exact) mass is 606 g/mol. The molecular weight excluding hydrogens is 582 g/mol. The topological polar surface area (TPSA) is 9.29 Å². The molecule has 0 N–H and O–H groups in total. The summed E-state index contributed by atoms with van der Waals surface area (Å²) < 4.78 is 30.8. The lowest BCUT2D eigenvalue weighted by molar-refractivity contribution is 0.582. The van der Waals surface area contributed by atoms with Crippen LogP contribution in [0, 0.1) is 18.2 Å². The molecule has 0 spiro atoms. The number of benzene rings is 8. The summed E-state index contributed by atoms with van der Waals surface area (Å²) in [6.45, 7) is 7.67. The van der Waals surface area contributed by atoms with Crippen molar-refractivity contribution in [1.29, 1.82) is 0 Å². The third-order valence-corrected chi connectivity index (χ3v) is 9.26. The fourth-order valence-electron chi connectivity index (χ4n) is 7.36. The second-order valence-electron chi connectivity index (χ2n) is 11.9. The van der Waals surface area contributed by atoms with E-state index in [0.717, 1.165) is 60.5 Å². The van der Waals surface area contributed by atoms with E-state index in [2.05, 4.69) is 108 Å². The summed E-state index contributed by atoms with van der Waals surface area (Å²) in [5.74, 6) is -1.29. The zero-order valence-corrected chi connectivity index (χ0v) is 25.0. The highest BCUT2D eigenvalue weighted by Crippen LogP contribution is 2.46.